The van der Waals surface area contributed by atoms with Gasteiger partial charge in [0.2, 0.25) is 0 Å². The minimum absolute atomic E-state index is 0.0107. The average molecular weight is 494 g/mol. The molecule has 4 aromatic rings. The van der Waals surface area contributed by atoms with E-state index < -0.39 is 23.9 Å². The minimum atomic E-state index is -1.02. The van der Waals surface area contributed by atoms with E-state index in [0.717, 1.165) is 22.3 Å². The molecular formula is C31H24FNO4. The highest BCUT2D eigenvalue weighted by Crippen LogP contribution is 2.44. The number of esters is 1. The van der Waals surface area contributed by atoms with Crippen LogP contribution in [0.4, 0.5) is 9.18 Å². The maximum atomic E-state index is 13.7. The summed E-state index contributed by atoms with van der Waals surface area (Å²) in [6.07, 6.45) is -1.72. The average Bonchev–Trinajstić information content (AvgIpc) is 3.28. The lowest BCUT2D eigenvalue weighted by Crippen LogP contribution is -2.30. The zero-order chi connectivity index (χ0) is 25.6. The summed E-state index contributed by atoms with van der Waals surface area (Å²) >= 11 is 0. The van der Waals surface area contributed by atoms with Crippen molar-refractivity contribution in [2.45, 2.75) is 12.0 Å². The topological polar surface area (TPSA) is 64.6 Å². The molecule has 1 amide bonds. The highest BCUT2D eigenvalue weighted by atomic mass is 19.1. The highest BCUT2D eigenvalue weighted by Gasteiger charge is 2.29. The zero-order valence-corrected chi connectivity index (χ0v) is 19.8. The Morgan fingerprint density at radius 1 is 0.757 bits per heavy atom. The molecule has 5 nitrogen and oxygen atoms in total. The first-order valence-electron chi connectivity index (χ1n) is 11.9. The first kappa shape index (κ1) is 24.0. The molecule has 4 aromatic carbocycles. The molecule has 0 aromatic heterocycles. The predicted octanol–water partition coefficient (Wildman–Crippen LogP) is 6.67. The third-order valence-electron chi connectivity index (χ3n) is 6.34. The second-order valence-electron chi connectivity index (χ2n) is 8.58. The van der Waals surface area contributed by atoms with Crippen molar-refractivity contribution in [2.75, 3.05) is 6.61 Å². The standard InChI is InChI=1S/C31H24FNO4/c32-19-28(30(34)37-29(21-11-3-1-4-12-21)22-13-5-2-6-14-22)33-31(35)36-20-27-25-17-9-7-15-23(25)24-16-8-10-18-26(24)27/h1-19,27,29H,20H2,(H,33,35)/b28-19-. The lowest BCUT2D eigenvalue weighted by Gasteiger charge is -2.20. The van der Waals surface area contributed by atoms with Crippen molar-refractivity contribution in [1.29, 1.82) is 0 Å². The second kappa shape index (κ2) is 10.9. The van der Waals surface area contributed by atoms with E-state index in [1.807, 2.05) is 109 Å². The lowest BCUT2D eigenvalue weighted by molar-refractivity contribution is -0.143. The summed E-state index contributed by atoms with van der Waals surface area (Å²) in [6, 6.07) is 34.1. The van der Waals surface area contributed by atoms with Crippen LogP contribution in [0.3, 0.4) is 0 Å². The van der Waals surface area contributed by atoms with E-state index in [1.54, 1.807) is 0 Å². The molecule has 1 N–H and O–H groups in total. The van der Waals surface area contributed by atoms with E-state index >= 15 is 0 Å². The molecule has 0 atom stereocenters. The number of hydrogen-bond acceptors (Lipinski definition) is 4. The van der Waals surface area contributed by atoms with Gasteiger partial charge in [-0.05, 0) is 33.4 Å². The van der Waals surface area contributed by atoms with Crippen LogP contribution in [0.2, 0.25) is 0 Å². The molecule has 184 valence electrons. The van der Waals surface area contributed by atoms with Gasteiger partial charge in [0.1, 0.15) is 12.9 Å². The molecule has 0 radical (unpaired) electrons. The quantitative estimate of drug-likeness (QED) is 0.231. The van der Waals surface area contributed by atoms with Gasteiger partial charge in [-0.15, -0.1) is 0 Å². The Morgan fingerprint density at radius 3 is 1.76 bits per heavy atom. The minimum Gasteiger partial charge on any atom is -0.448 e. The van der Waals surface area contributed by atoms with Crippen molar-refractivity contribution in [3.8, 4) is 11.1 Å². The Labute approximate surface area is 214 Å². The molecule has 0 aliphatic heterocycles. The Balaban J connectivity index is 1.26. The summed E-state index contributed by atoms with van der Waals surface area (Å²) in [5.41, 5.74) is 5.05. The van der Waals surface area contributed by atoms with Crippen LogP contribution < -0.4 is 5.32 Å². The van der Waals surface area contributed by atoms with Crippen LogP contribution >= 0.6 is 0 Å². The molecule has 6 heteroatoms. The number of alkyl carbamates (subject to hydrolysis) is 1. The van der Waals surface area contributed by atoms with Crippen LogP contribution in [-0.4, -0.2) is 18.7 Å². The number of carbonyl (C=O) groups excluding carboxylic acids is 2. The largest absolute Gasteiger partial charge is 0.448 e. The molecule has 0 saturated heterocycles. The number of nitrogens with one attached hydrogen (secondary N) is 1. The summed E-state index contributed by atoms with van der Waals surface area (Å²) < 4.78 is 24.8. The molecule has 0 bridgehead atoms. The van der Waals surface area contributed by atoms with Gasteiger partial charge in [-0.1, -0.05) is 109 Å². The van der Waals surface area contributed by atoms with E-state index in [4.69, 9.17) is 9.47 Å². The van der Waals surface area contributed by atoms with Crippen LogP contribution in [0, 0.1) is 0 Å². The van der Waals surface area contributed by atoms with Gasteiger partial charge in [0.05, 0.1) is 0 Å². The molecule has 5 rings (SSSR count). The molecule has 1 aliphatic rings. The monoisotopic (exact) mass is 493 g/mol. The van der Waals surface area contributed by atoms with Crippen LogP contribution in [0.25, 0.3) is 11.1 Å². The van der Waals surface area contributed by atoms with Crippen molar-refractivity contribution in [3.63, 3.8) is 0 Å². The molecule has 0 saturated carbocycles. The summed E-state index contributed by atoms with van der Waals surface area (Å²) in [6.45, 7) is 0.0329. The second-order valence-corrected chi connectivity index (χ2v) is 8.58. The van der Waals surface area contributed by atoms with Gasteiger partial charge in [-0.25, -0.2) is 14.0 Å². The van der Waals surface area contributed by atoms with E-state index in [9.17, 15) is 14.0 Å². The van der Waals surface area contributed by atoms with Crippen LogP contribution in [-0.2, 0) is 14.3 Å². The number of hydrogen-bond donors (Lipinski definition) is 1. The molecule has 0 unspecified atom stereocenters. The number of ether oxygens (including phenoxy) is 2. The van der Waals surface area contributed by atoms with Gasteiger partial charge in [0.15, 0.2) is 11.8 Å². The fourth-order valence-electron chi connectivity index (χ4n) is 4.62. The van der Waals surface area contributed by atoms with Crippen molar-refractivity contribution < 1.29 is 23.5 Å². The third kappa shape index (κ3) is 5.14. The molecule has 0 fully saturated rings. The van der Waals surface area contributed by atoms with Gasteiger partial charge in [0.25, 0.3) is 0 Å². The molecule has 0 heterocycles. The van der Waals surface area contributed by atoms with Gasteiger partial charge in [-0.2, -0.15) is 0 Å². The fraction of sp³-hybridized carbons (Fsp3) is 0.0968. The van der Waals surface area contributed by atoms with E-state index in [2.05, 4.69) is 5.32 Å². The molecule has 1 aliphatic carbocycles. The Bertz CT molecular complexity index is 1350. The normalized spacial score (nSPS) is 12.5. The molecule has 0 spiro atoms. The Kier molecular flexibility index (Phi) is 7.08. The fourth-order valence-corrected chi connectivity index (χ4v) is 4.62. The third-order valence-corrected chi connectivity index (χ3v) is 6.34. The number of benzene rings is 4. The van der Waals surface area contributed by atoms with Crippen LogP contribution in [0.15, 0.2) is 121 Å². The maximum Gasteiger partial charge on any atom is 0.411 e. The number of amides is 1. The summed E-state index contributed by atoms with van der Waals surface area (Å²) in [5, 5.41) is 2.20. The summed E-state index contributed by atoms with van der Waals surface area (Å²) in [7, 11) is 0. The van der Waals surface area contributed by atoms with E-state index in [-0.39, 0.29) is 18.9 Å². The SMILES string of the molecule is O=C(N/C(=C\F)C(=O)OC(c1ccccc1)c1ccccc1)OCC1c2ccccc2-c2ccccc21. The van der Waals surface area contributed by atoms with Gasteiger partial charge >= 0.3 is 12.1 Å². The van der Waals surface area contributed by atoms with Crippen molar-refractivity contribution in [2.24, 2.45) is 0 Å². The Morgan fingerprint density at radius 2 is 1.24 bits per heavy atom. The lowest BCUT2D eigenvalue weighted by atomic mass is 9.98. The van der Waals surface area contributed by atoms with Crippen molar-refractivity contribution in [1.82, 2.24) is 5.32 Å². The van der Waals surface area contributed by atoms with Crippen LogP contribution in [0.1, 0.15) is 34.3 Å². The highest BCUT2D eigenvalue weighted by molar-refractivity contribution is 5.92. The van der Waals surface area contributed by atoms with Gasteiger partial charge in [-0.3, -0.25) is 5.32 Å². The summed E-state index contributed by atoms with van der Waals surface area (Å²) in [5.74, 6) is -1.18. The zero-order valence-electron chi connectivity index (χ0n) is 19.8. The number of rotatable bonds is 7. The predicted molar refractivity (Wildman–Crippen MR) is 138 cm³/mol. The Hall–Kier alpha value is -4.71. The first-order chi connectivity index (χ1) is 18.2. The number of halogens is 1. The van der Waals surface area contributed by atoms with E-state index in [0.29, 0.717) is 11.1 Å². The first-order valence-corrected chi connectivity index (χ1v) is 11.9. The maximum absolute atomic E-state index is 13.7. The van der Waals surface area contributed by atoms with Crippen molar-refractivity contribution >= 4 is 12.1 Å². The number of carbonyl (C=O) groups is 2. The summed E-state index contributed by atoms with van der Waals surface area (Å²) in [4.78, 5) is 25.4. The smallest absolute Gasteiger partial charge is 0.411 e. The van der Waals surface area contributed by atoms with Gasteiger partial charge in [0, 0.05) is 5.92 Å². The van der Waals surface area contributed by atoms with E-state index in [1.165, 1.54) is 0 Å². The number of fused-ring (bicyclic) bond motifs is 3. The molecule has 37 heavy (non-hydrogen) atoms. The van der Waals surface area contributed by atoms with Gasteiger partial charge < -0.3 is 9.47 Å². The van der Waals surface area contributed by atoms with Crippen molar-refractivity contribution in [3.05, 3.63) is 143 Å². The van der Waals surface area contributed by atoms with Crippen LogP contribution in [0.5, 0.6) is 0 Å². The molecular weight excluding hydrogens is 469 g/mol.